The Morgan fingerprint density at radius 3 is 2.86 bits per heavy atom. The van der Waals surface area contributed by atoms with Gasteiger partial charge in [0.15, 0.2) is 0 Å². The van der Waals surface area contributed by atoms with Crippen LogP contribution in [0.3, 0.4) is 0 Å². The first kappa shape index (κ1) is 9.95. The minimum absolute atomic E-state index is 0.115. The molecule has 1 saturated carbocycles. The Hall–Kier alpha value is -0.590. The highest BCUT2D eigenvalue weighted by molar-refractivity contribution is 4.96. The van der Waals surface area contributed by atoms with Gasteiger partial charge in [0.05, 0.1) is 6.07 Å². The van der Waals surface area contributed by atoms with E-state index in [1.165, 1.54) is 25.7 Å². The molecule has 0 aromatic rings. The van der Waals surface area contributed by atoms with Gasteiger partial charge in [-0.3, -0.25) is 4.90 Å². The van der Waals surface area contributed by atoms with Gasteiger partial charge in [-0.1, -0.05) is 12.8 Å². The number of piperazine rings is 1. The van der Waals surface area contributed by atoms with Gasteiger partial charge < -0.3 is 5.32 Å². The van der Waals surface area contributed by atoms with Gasteiger partial charge in [0, 0.05) is 26.2 Å². The van der Waals surface area contributed by atoms with E-state index in [9.17, 15) is 0 Å². The monoisotopic (exact) mass is 193 g/mol. The molecule has 1 N–H and O–H groups in total. The second kappa shape index (κ2) is 4.77. The fourth-order valence-electron chi connectivity index (χ4n) is 2.62. The fourth-order valence-corrected chi connectivity index (χ4v) is 2.62. The van der Waals surface area contributed by atoms with E-state index in [1.54, 1.807) is 0 Å². The van der Waals surface area contributed by atoms with Crippen LogP contribution in [0.4, 0.5) is 0 Å². The van der Waals surface area contributed by atoms with Crippen molar-refractivity contribution in [3.8, 4) is 6.07 Å². The molecule has 0 aromatic carbocycles. The summed E-state index contributed by atoms with van der Waals surface area (Å²) in [5.41, 5.74) is 0. The molecule has 2 fully saturated rings. The Morgan fingerprint density at radius 2 is 2.14 bits per heavy atom. The first-order valence-electron chi connectivity index (χ1n) is 5.74. The van der Waals surface area contributed by atoms with Crippen LogP contribution in [0, 0.1) is 17.2 Å². The first-order valence-corrected chi connectivity index (χ1v) is 5.74. The highest BCUT2D eigenvalue weighted by atomic mass is 15.2. The molecule has 1 atom stereocenters. The molecule has 2 aliphatic rings. The normalized spacial score (nSPS) is 30.4. The van der Waals surface area contributed by atoms with E-state index < -0.39 is 0 Å². The predicted molar refractivity (Wildman–Crippen MR) is 55.8 cm³/mol. The maximum Gasteiger partial charge on any atom is 0.110 e. The van der Waals surface area contributed by atoms with Crippen LogP contribution < -0.4 is 5.32 Å². The molecule has 0 radical (unpaired) electrons. The standard InChI is InChI=1S/C11H19N3/c12-7-11-8-13-5-6-14(11)9-10-3-1-2-4-10/h10-11,13H,1-6,8-9H2. The molecule has 2 rings (SSSR count). The van der Waals surface area contributed by atoms with Gasteiger partial charge in [-0.05, 0) is 18.8 Å². The summed E-state index contributed by atoms with van der Waals surface area (Å²) in [6.07, 6.45) is 5.55. The quantitative estimate of drug-likeness (QED) is 0.710. The van der Waals surface area contributed by atoms with Crippen LogP contribution in [-0.4, -0.2) is 37.1 Å². The lowest BCUT2D eigenvalue weighted by Crippen LogP contribution is -2.51. The lowest BCUT2D eigenvalue weighted by atomic mass is 10.1. The van der Waals surface area contributed by atoms with Crippen LogP contribution in [0.15, 0.2) is 0 Å². The highest BCUT2D eigenvalue weighted by Gasteiger charge is 2.25. The summed E-state index contributed by atoms with van der Waals surface area (Å²) < 4.78 is 0. The molecular formula is C11H19N3. The first-order chi connectivity index (χ1) is 6.90. The lowest BCUT2D eigenvalue weighted by molar-refractivity contribution is 0.169. The molecule has 0 bridgehead atoms. The van der Waals surface area contributed by atoms with E-state index in [2.05, 4.69) is 16.3 Å². The molecule has 0 aromatic heterocycles. The number of rotatable bonds is 2. The van der Waals surface area contributed by atoms with Crippen LogP contribution in [0.1, 0.15) is 25.7 Å². The summed E-state index contributed by atoms with van der Waals surface area (Å²) in [5.74, 6) is 0.865. The van der Waals surface area contributed by atoms with Crippen molar-refractivity contribution in [1.82, 2.24) is 10.2 Å². The van der Waals surface area contributed by atoms with Gasteiger partial charge in [-0.15, -0.1) is 0 Å². The molecule has 14 heavy (non-hydrogen) atoms. The van der Waals surface area contributed by atoms with Gasteiger partial charge in [-0.25, -0.2) is 0 Å². The summed E-state index contributed by atoms with van der Waals surface area (Å²) in [5, 5.41) is 12.3. The van der Waals surface area contributed by atoms with Crippen molar-refractivity contribution in [2.75, 3.05) is 26.2 Å². The van der Waals surface area contributed by atoms with Crippen LogP contribution in [0.2, 0.25) is 0 Å². The molecule has 78 valence electrons. The van der Waals surface area contributed by atoms with Crippen LogP contribution in [-0.2, 0) is 0 Å². The molecule has 3 heteroatoms. The highest BCUT2D eigenvalue weighted by Crippen LogP contribution is 2.26. The smallest absolute Gasteiger partial charge is 0.110 e. The van der Waals surface area contributed by atoms with Crippen molar-refractivity contribution in [2.24, 2.45) is 5.92 Å². The van der Waals surface area contributed by atoms with Crippen LogP contribution in [0.5, 0.6) is 0 Å². The van der Waals surface area contributed by atoms with Gasteiger partial charge in [0.25, 0.3) is 0 Å². The second-order valence-electron chi connectivity index (χ2n) is 4.49. The number of hydrogen-bond acceptors (Lipinski definition) is 3. The van der Waals surface area contributed by atoms with Crippen LogP contribution in [0.25, 0.3) is 0 Å². The van der Waals surface area contributed by atoms with Crippen molar-refractivity contribution >= 4 is 0 Å². The summed E-state index contributed by atoms with van der Waals surface area (Å²) in [6, 6.07) is 2.51. The van der Waals surface area contributed by atoms with Gasteiger partial charge >= 0.3 is 0 Å². The molecule has 1 saturated heterocycles. The molecule has 0 spiro atoms. The Bertz CT molecular complexity index is 215. The average Bonchev–Trinajstić information content (AvgIpc) is 2.71. The van der Waals surface area contributed by atoms with E-state index in [-0.39, 0.29) is 6.04 Å². The van der Waals surface area contributed by atoms with E-state index >= 15 is 0 Å². The summed E-state index contributed by atoms with van der Waals surface area (Å²) >= 11 is 0. The summed E-state index contributed by atoms with van der Waals surface area (Å²) in [7, 11) is 0. The van der Waals surface area contributed by atoms with Crippen molar-refractivity contribution < 1.29 is 0 Å². The zero-order valence-corrected chi connectivity index (χ0v) is 8.71. The SMILES string of the molecule is N#CC1CNCCN1CC1CCCC1. The molecule has 1 unspecified atom stereocenters. The van der Waals surface area contributed by atoms with E-state index in [0.29, 0.717) is 0 Å². The van der Waals surface area contributed by atoms with E-state index in [0.717, 1.165) is 32.1 Å². The van der Waals surface area contributed by atoms with Gasteiger partial charge in [0.1, 0.15) is 6.04 Å². The fraction of sp³-hybridized carbons (Fsp3) is 0.909. The summed E-state index contributed by atoms with van der Waals surface area (Å²) in [4.78, 5) is 2.37. The third-order valence-corrected chi connectivity index (χ3v) is 3.47. The third-order valence-electron chi connectivity index (χ3n) is 3.47. The Labute approximate surface area is 86.1 Å². The largest absolute Gasteiger partial charge is 0.313 e. The Morgan fingerprint density at radius 1 is 1.36 bits per heavy atom. The lowest BCUT2D eigenvalue weighted by Gasteiger charge is -2.33. The molecular weight excluding hydrogens is 174 g/mol. The van der Waals surface area contributed by atoms with Crippen molar-refractivity contribution in [2.45, 2.75) is 31.7 Å². The number of nitrogens with zero attached hydrogens (tertiary/aromatic N) is 2. The minimum atomic E-state index is 0.115. The summed E-state index contributed by atoms with van der Waals surface area (Å²) in [6.45, 7) is 4.10. The number of hydrogen-bond donors (Lipinski definition) is 1. The average molecular weight is 193 g/mol. The van der Waals surface area contributed by atoms with Gasteiger partial charge in [0.2, 0.25) is 0 Å². The zero-order chi connectivity index (χ0) is 9.80. The third kappa shape index (κ3) is 2.26. The molecule has 1 aliphatic carbocycles. The maximum absolute atomic E-state index is 9.00. The predicted octanol–water partition coefficient (Wildman–Crippen LogP) is 0.974. The second-order valence-corrected chi connectivity index (χ2v) is 4.49. The molecule has 0 amide bonds. The number of nitriles is 1. The maximum atomic E-state index is 9.00. The van der Waals surface area contributed by atoms with Crippen molar-refractivity contribution in [1.29, 1.82) is 5.26 Å². The topological polar surface area (TPSA) is 39.1 Å². The molecule has 1 aliphatic heterocycles. The van der Waals surface area contributed by atoms with Crippen molar-refractivity contribution in [3.63, 3.8) is 0 Å². The molecule has 1 heterocycles. The van der Waals surface area contributed by atoms with Crippen molar-refractivity contribution in [3.05, 3.63) is 0 Å². The van der Waals surface area contributed by atoms with E-state index in [4.69, 9.17) is 5.26 Å². The minimum Gasteiger partial charge on any atom is -0.313 e. The Balaban J connectivity index is 1.84. The van der Waals surface area contributed by atoms with Crippen LogP contribution >= 0.6 is 0 Å². The Kier molecular flexibility index (Phi) is 3.39. The number of nitrogens with one attached hydrogen (secondary N) is 1. The molecule has 3 nitrogen and oxygen atoms in total. The van der Waals surface area contributed by atoms with Gasteiger partial charge in [-0.2, -0.15) is 5.26 Å². The van der Waals surface area contributed by atoms with E-state index in [1.807, 2.05) is 0 Å². The zero-order valence-electron chi connectivity index (χ0n) is 8.71.